The van der Waals surface area contributed by atoms with Crippen LogP contribution in [0.4, 0.5) is 0 Å². The number of methoxy groups -OCH3 is 1. The van der Waals surface area contributed by atoms with E-state index in [9.17, 15) is 4.79 Å². The Labute approximate surface area is 174 Å². The first-order valence-electron chi connectivity index (χ1n) is 9.18. The van der Waals surface area contributed by atoms with E-state index < -0.39 is 0 Å². The molecule has 0 aliphatic carbocycles. The Kier molecular flexibility index (Phi) is 5.52. The van der Waals surface area contributed by atoms with Crippen molar-refractivity contribution in [1.82, 2.24) is 4.90 Å². The van der Waals surface area contributed by atoms with Gasteiger partial charge in [-0.1, -0.05) is 23.4 Å². The van der Waals surface area contributed by atoms with Gasteiger partial charge < -0.3 is 18.9 Å². The first kappa shape index (κ1) is 19.4. The first-order valence-corrected chi connectivity index (χ1v) is 9.55. The Balaban J connectivity index is 1.59. The number of carbonyl (C=O) groups excluding carboxylic acids is 1. The Morgan fingerprint density at radius 2 is 2.21 bits per heavy atom. The number of hydrogen-bond donors (Lipinski definition) is 0. The summed E-state index contributed by atoms with van der Waals surface area (Å²) in [6.45, 7) is 1.20. The maximum atomic E-state index is 11.2. The normalized spacial score (nSPS) is 17.1. The monoisotopic (exact) mass is 413 g/mol. The Morgan fingerprint density at radius 3 is 3.00 bits per heavy atom. The molecule has 0 saturated heterocycles. The van der Waals surface area contributed by atoms with Crippen LogP contribution in [0.1, 0.15) is 27.5 Å². The number of nitrogens with zero attached hydrogens (tertiary/aromatic N) is 1. The molecule has 0 amide bonds. The molecule has 2 aromatic rings. The number of likely N-dealkylation sites (N-methyl/N-ethyl adjacent to an activating group) is 1. The molecule has 2 aliphatic heterocycles. The third-order valence-corrected chi connectivity index (χ3v) is 5.27. The molecule has 7 heteroatoms. The molecule has 0 N–H and O–H groups in total. The summed E-state index contributed by atoms with van der Waals surface area (Å²) in [6, 6.07) is 6.76. The summed E-state index contributed by atoms with van der Waals surface area (Å²) in [5, 5.41) is 0.483. The van der Waals surface area contributed by atoms with Crippen molar-refractivity contribution < 1.29 is 23.7 Å². The number of halogens is 1. The largest absolute Gasteiger partial charge is 0.492 e. The number of benzene rings is 2. The predicted molar refractivity (Wildman–Crippen MR) is 108 cm³/mol. The lowest BCUT2D eigenvalue weighted by atomic mass is 9.91. The molecule has 1 atom stereocenters. The minimum absolute atomic E-state index is 0.148. The lowest BCUT2D eigenvalue weighted by molar-refractivity contribution is 0.112. The van der Waals surface area contributed by atoms with Gasteiger partial charge in [0, 0.05) is 17.1 Å². The number of carbonyl (C=O) groups is 1. The van der Waals surface area contributed by atoms with Crippen LogP contribution < -0.4 is 18.9 Å². The van der Waals surface area contributed by atoms with Crippen LogP contribution in [0.3, 0.4) is 0 Å². The molecule has 29 heavy (non-hydrogen) atoms. The maximum absolute atomic E-state index is 11.2. The summed E-state index contributed by atoms with van der Waals surface area (Å²) >= 11 is 5.91. The van der Waals surface area contributed by atoms with Crippen molar-refractivity contribution in [2.24, 2.45) is 0 Å². The molecular formula is C22H20ClNO5. The van der Waals surface area contributed by atoms with E-state index in [4.69, 9.17) is 30.5 Å². The second-order valence-electron chi connectivity index (χ2n) is 6.76. The van der Waals surface area contributed by atoms with Crippen molar-refractivity contribution >= 4 is 17.9 Å². The first-order chi connectivity index (χ1) is 14.1. The fourth-order valence-electron chi connectivity index (χ4n) is 3.61. The van der Waals surface area contributed by atoms with Crippen LogP contribution in [-0.4, -0.2) is 45.3 Å². The topological polar surface area (TPSA) is 57.2 Å². The number of fused-ring (bicyclic) bond motifs is 2. The van der Waals surface area contributed by atoms with Crippen LogP contribution in [0.2, 0.25) is 5.02 Å². The Bertz CT molecular complexity index is 1010. The summed E-state index contributed by atoms with van der Waals surface area (Å²) in [5.41, 5.74) is 2.54. The molecule has 6 nitrogen and oxygen atoms in total. The van der Waals surface area contributed by atoms with E-state index in [0.717, 1.165) is 24.1 Å². The molecule has 4 rings (SSSR count). The molecule has 0 saturated carbocycles. The SMILES string of the molecule is COc1c2c(cc3c1[C@H](C#CCOc1ccc(Cl)cc1C=O)N(C)CC3)OCO2. The quantitative estimate of drug-likeness (QED) is 0.565. The molecule has 0 unspecified atom stereocenters. The molecule has 0 aromatic heterocycles. The van der Waals surface area contributed by atoms with Gasteiger partial charge in [-0.25, -0.2) is 0 Å². The zero-order chi connectivity index (χ0) is 20.4. The van der Waals surface area contributed by atoms with E-state index in [1.165, 1.54) is 0 Å². The summed E-state index contributed by atoms with van der Waals surface area (Å²) in [4.78, 5) is 13.4. The fourth-order valence-corrected chi connectivity index (χ4v) is 3.79. The summed E-state index contributed by atoms with van der Waals surface area (Å²) in [6.07, 6.45) is 1.59. The van der Waals surface area contributed by atoms with Gasteiger partial charge in [0.1, 0.15) is 18.4 Å². The molecule has 0 fully saturated rings. The van der Waals surface area contributed by atoms with Crippen molar-refractivity contribution in [1.29, 1.82) is 0 Å². The van der Waals surface area contributed by atoms with Gasteiger partial charge in [-0.05, 0) is 43.3 Å². The minimum atomic E-state index is -0.164. The third kappa shape index (κ3) is 3.71. The highest BCUT2D eigenvalue weighted by Gasteiger charge is 2.33. The maximum Gasteiger partial charge on any atom is 0.231 e. The Hall–Kier alpha value is -2.88. The van der Waals surface area contributed by atoms with Gasteiger partial charge in [0.2, 0.25) is 12.5 Å². The minimum Gasteiger partial charge on any atom is -0.492 e. The lowest BCUT2D eigenvalue weighted by Crippen LogP contribution is -2.31. The zero-order valence-corrected chi connectivity index (χ0v) is 16.9. The summed E-state index contributed by atoms with van der Waals surface area (Å²) < 4.78 is 22.5. The molecule has 0 bridgehead atoms. The number of hydrogen-bond acceptors (Lipinski definition) is 6. The Morgan fingerprint density at radius 1 is 1.34 bits per heavy atom. The second-order valence-corrected chi connectivity index (χ2v) is 7.20. The molecule has 2 aliphatic rings. The predicted octanol–water partition coefficient (Wildman–Crippen LogP) is 3.50. The van der Waals surface area contributed by atoms with Crippen molar-refractivity contribution in [2.45, 2.75) is 12.5 Å². The average Bonchev–Trinajstić information content (AvgIpc) is 3.19. The van der Waals surface area contributed by atoms with Gasteiger partial charge >= 0.3 is 0 Å². The van der Waals surface area contributed by atoms with Crippen LogP contribution in [-0.2, 0) is 6.42 Å². The molecule has 0 radical (unpaired) electrons. The highest BCUT2D eigenvalue weighted by atomic mass is 35.5. The van der Waals surface area contributed by atoms with Crippen LogP contribution in [0, 0.1) is 11.8 Å². The van der Waals surface area contributed by atoms with Crippen molar-refractivity contribution in [3.8, 4) is 34.8 Å². The van der Waals surface area contributed by atoms with Crippen molar-refractivity contribution in [2.75, 3.05) is 34.1 Å². The van der Waals surface area contributed by atoms with Gasteiger partial charge in [-0.3, -0.25) is 9.69 Å². The van der Waals surface area contributed by atoms with Gasteiger partial charge in [-0.2, -0.15) is 0 Å². The second kappa shape index (κ2) is 8.24. The third-order valence-electron chi connectivity index (χ3n) is 5.03. The van der Waals surface area contributed by atoms with E-state index in [1.54, 1.807) is 25.3 Å². The highest BCUT2D eigenvalue weighted by molar-refractivity contribution is 6.30. The number of rotatable bonds is 4. The van der Waals surface area contributed by atoms with E-state index in [2.05, 4.69) is 16.7 Å². The van der Waals surface area contributed by atoms with Gasteiger partial charge in [0.05, 0.1) is 12.7 Å². The van der Waals surface area contributed by atoms with Crippen LogP contribution in [0.5, 0.6) is 23.0 Å². The molecule has 2 heterocycles. The van der Waals surface area contributed by atoms with Gasteiger partial charge in [-0.15, -0.1) is 0 Å². The van der Waals surface area contributed by atoms with E-state index >= 15 is 0 Å². The molecular weight excluding hydrogens is 394 g/mol. The summed E-state index contributed by atoms with van der Waals surface area (Å²) in [5.74, 6) is 8.81. The van der Waals surface area contributed by atoms with Crippen molar-refractivity contribution in [3.05, 3.63) is 46.0 Å². The smallest absolute Gasteiger partial charge is 0.231 e. The van der Waals surface area contributed by atoms with Crippen LogP contribution in [0.25, 0.3) is 0 Å². The van der Waals surface area contributed by atoms with Gasteiger partial charge in [0.25, 0.3) is 0 Å². The van der Waals surface area contributed by atoms with E-state index in [1.807, 2.05) is 13.1 Å². The van der Waals surface area contributed by atoms with Crippen LogP contribution in [0.15, 0.2) is 24.3 Å². The summed E-state index contributed by atoms with van der Waals surface area (Å²) in [7, 11) is 3.65. The fraction of sp³-hybridized carbons (Fsp3) is 0.318. The highest BCUT2D eigenvalue weighted by Crippen LogP contribution is 2.49. The molecule has 2 aromatic carbocycles. The zero-order valence-electron chi connectivity index (χ0n) is 16.2. The molecule has 0 spiro atoms. The number of aldehydes is 1. The van der Waals surface area contributed by atoms with E-state index in [0.29, 0.717) is 39.9 Å². The van der Waals surface area contributed by atoms with Gasteiger partial charge in [0.15, 0.2) is 17.8 Å². The molecule has 150 valence electrons. The average molecular weight is 414 g/mol. The van der Waals surface area contributed by atoms with Crippen LogP contribution >= 0.6 is 11.6 Å². The standard InChI is InChI=1S/C22H20ClNO5/c1-24-8-7-14-11-19-21(29-13-28-19)22(26-2)20(14)17(24)4-3-9-27-18-6-5-16(23)10-15(18)12-25/h5-6,10-12,17H,7-9,13H2,1-2H3/t17-/m0/s1. The van der Waals surface area contributed by atoms with E-state index in [-0.39, 0.29) is 19.4 Å². The number of ether oxygens (including phenoxy) is 4. The lowest BCUT2D eigenvalue weighted by Gasteiger charge is -2.32. The van der Waals surface area contributed by atoms with Crippen molar-refractivity contribution in [3.63, 3.8) is 0 Å².